The maximum absolute atomic E-state index is 12.5. The van der Waals surface area contributed by atoms with Crippen molar-refractivity contribution in [3.8, 4) is 0 Å². The summed E-state index contributed by atoms with van der Waals surface area (Å²) in [6.45, 7) is 0.794. The number of hydrogen-bond donors (Lipinski definition) is 3. The molecule has 1 aromatic rings. The van der Waals surface area contributed by atoms with Crippen molar-refractivity contribution < 1.29 is 28.2 Å². The monoisotopic (exact) mass is 362 g/mol. The van der Waals surface area contributed by atoms with Gasteiger partial charge in [-0.25, -0.2) is 13.2 Å². The van der Waals surface area contributed by atoms with Gasteiger partial charge < -0.3 is 15.5 Å². The van der Waals surface area contributed by atoms with Crippen molar-refractivity contribution in [2.24, 2.45) is 0 Å². The molecule has 10 heteroatoms. The Kier molecular flexibility index (Phi) is 5.09. The standard InChI is InChI=1S/C13H18N2O6S2/c1-13(19,12(17)18)8-14-11(16)9-4-2-6-15(9)23(20,21)10-5-3-7-22-10/h3,5,7,9,19H,2,4,6,8H2,1H3,(H,14,16)(H,17,18). The van der Waals surface area contributed by atoms with Gasteiger partial charge in [0.2, 0.25) is 5.91 Å². The molecule has 0 saturated carbocycles. The van der Waals surface area contributed by atoms with Gasteiger partial charge in [-0.3, -0.25) is 4.79 Å². The van der Waals surface area contributed by atoms with E-state index in [4.69, 9.17) is 5.11 Å². The predicted molar refractivity (Wildman–Crippen MR) is 82.5 cm³/mol. The molecule has 1 aliphatic rings. The SMILES string of the molecule is CC(O)(CNC(=O)C1CCCN1S(=O)(=O)c1cccs1)C(=O)O. The van der Waals surface area contributed by atoms with Crippen LogP contribution >= 0.6 is 11.3 Å². The molecule has 2 heterocycles. The zero-order valence-electron chi connectivity index (χ0n) is 12.4. The maximum Gasteiger partial charge on any atom is 0.337 e. The summed E-state index contributed by atoms with van der Waals surface area (Å²) in [5.74, 6) is -2.07. The van der Waals surface area contributed by atoms with Crippen LogP contribution in [0.5, 0.6) is 0 Å². The van der Waals surface area contributed by atoms with Gasteiger partial charge in [-0.05, 0) is 31.2 Å². The van der Waals surface area contributed by atoms with Gasteiger partial charge in [-0.1, -0.05) is 6.07 Å². The number of nitrogens with zero attached hydrogens (tertiary/aromatic N) is 1. The van der Waals surface area contributed by atoms with Crippen LogP contribution in [0.3, 0.4) is 0 Å². The van der Waals surface area contributed by atoms with Gasteiger partial charge in [0, 0.05) is 6.54 Å². The van der Waals surface area contributed by atoms with E-state index < -0.39 is 40.1 Å². The molecule has 1 fully saturated rings. The molecule has 2 atom stereocenters. The Morgan fingerprint density at radius 3 is 2.78 bits per heavy atom. The average molecular weight is 362 g/mol. The fraction of sp³-hybridized carbons (Fsp3) is 0.538. The van der Waals surface area contributed by atoms with Crippen LogP contribution in [0, 0.1) is 0 Å². The van der Waals surface area contributed by atoms with Crippen molar-refractivity contribution >= 4 is 33.2 Å². The third-order valence-corrected chi connectivity index (χ3v) is 6.91. The van der Waals surface area contributed by atoms with Crippen molar-refractivity contribution in [2.45, 2.75) is 35.6 Å². The highest BCUT2D eigenvalue weighted by Crippen LogP contribution is 2.28. The summed E-state index contributed by atoms with van der Waals surface area (Å²) in [5, 5.41) is 22.4. The molecule has 2 unspecified atom stereocenters. The molecule has 1 aromatic heterocycles. The van der Waals surface area contributed by atoms with Crippen molar-refractivity contribution in [1.29, 1.82) is 0 Å². The highest BCUT2D eigenvalue weighted by molar-refractivity contribution is 7.91. The number of aliphatic hydroxyl groups is 1. The Labute approximate surface area is 137 Å². The first-order valence-electron chi connectivity index (χ1n) is 6.95. The molecule has 128 valence electrons. The van der Waals surface area contributed by atoms with Crippen molar-refractivity contribution in [2.75, 3.05) is 13.1 Å². The number of carbonyl (C=O) groups is 2. The fourth-order valence-electron chi connectivity index (χ4n) is 2.27. The molecule has 23 heavy (non-hydrogen) atoms. The van der Waals surface area contributed by atoms with E-state index in [1.807, 2.05) is 0 Å². The molecule has 1 aliphatic heterocycles. The molecule has 0 aromatic carbocycles. The topological polar surface area (TPSA) is 124 Å². The van der Waals surface area contributed by atoms with Crippen LogP contribution in [0.15, 0.2) is 21.7 Å². The Morgan fingerprint density at radius 2 is 2.22 bits per heavy atom. The normalized spacial score (nSPS) is 21.7. The second-order valence-electron chi connectivity index (χ2n) is 5.50. The third-order valence-electron chi connectivity index (χ3n) is 3.63. The summed E-state index contributed by atoms with van der Waals surface area (Å²) >= 11 is 1.07. The van der Waals surface area contributed by atoms with Gasteiger partial charge in [0.25, 0.3) is 10.0 Å². The molecule has 1 amide bonds. The van der Waals surface area contributed by atoms with Crippen LogP contribution in [0.25, 0.3) is 0 Å². The summed E-state index contributed by atoms with van der Waals surface area (Å²) in [6, 6.07) is 2.20. The van der Waals surface area contributed by atoms with Gasteiger partial charge in [-0.15, -0.1) is 11.3 Å². The summed E-state index contributed by atoms with van der Waals surface area (Å²) < 4.78 is 26.4. The predicted octanol–water partition coefficient (Wildman–Crippen LogP) is -0.147. The van der Waals surface area contributed by atoms with Crippen LogP contribution in [-0.2, 0) is 19.6 Å². The molecular formula is C13H18N2O6S2. The largest absolute Gasteiger partial charge is 0.479 e. The summed E-state index contributed by atoms with van der Waals surface area (Å²) in [5.41, 5.74) is -2.11. The van der Waals surface area contributed by atoms with Gasteiger partial charge in [0.15, 0.2) is 5.60 Å². The highest BCUT2D eigenvalue weighted by Gasteiger charge is 2.40. The minimum atomic E-state index is -3.75. The Balaban J connectivity index is 2.10. The molecule has 3 N–H and O–H groups in total. The molecule has 2 rings (SSSR count). The van der Waals surface area contributed by atoms with E-state index in [-0.39, 0.29) is 10.8 Å². The number of carboxylic acids is 1. The fourth-order valence-corrected chi connectivity index (χ4v) is 5.04. The first kappa shape index (κ1) is 17.9. The molecule has 8 nitrogen and oxygen atoms in total. The van der Waals surface area contributed by atoms with Crippen molar-refractivity contribution in [3.05, 3.63) is 17.5 Å². The zero-order chi connectivity index (χ0) is 17.3. The second-order valence-corrected chi connectivity index (χ2v) is 8.57. The van der Waals surface area contributed by atoms with Gasteiger partial charge in [0.1, 0.15) is 10.3 Å². The molecule has 0 aliphatic carbocycles. The van der Waals surface area contributed by atoms with Crippen molar-refractivity contribution in [1.82, 2.24) is 9.62 Å². The van der Waals surface area contributed by atoms with Crippen LogP contribution in [0.4, 0.5) is 0 Å². The lowest BCUT2D eigenvalue weighted by molar-refractivity contribution is -0.156. The van der Waals surface area contributed by atoms with Crippen LogP contribution in [0.1, 0.15) is 19.8 Å². The average Bonchev–Trinajstić information content (AvgIpc) is 3.15. The minimum absolute atomic E-state index is 0.162. The zero-order valence-corrected chi connectivity index (χ0v) is 14.1. The first-order chi connectivity index (χ1) is 10.7. The van der Waals surface area contributed by atoms with Crippen LogP contribution in [0.2, 0.25) is 0 Å². The summed E-state index contributed by atoms with van der Waals surface area (Å²) in [7, 11) is -3.75. The van der Waals surface area contributed by atoms with Gasteiger partial charge in [-0.2, -0.15) is 4.31 Å². The minimum Gasteiger partial charge on any atom is -0.479 e. The lowest BCUT2D eigenvalue weighted by atomic mass is 10.1. The van der Waals surface area contributed by atoms with E-state index in [0.29, 0.717) is 12.8 Å². The Morgan fingerprint density at radius 1 is 1.52 bits per heavy atom. The smallest absolute Gasteiger partial charge is 0.337 e. The first-order valence-corrected chi connectivity index (χ1v) is 9.27. The van der Waals surface area contributed by atoms with Crippen LogP contribution < -0.4 is 5.32 Å². The highest BCUT2D eigenvalue weighted by atomic mass is 32.2. The molecule has 1 saturated heterocycles. The Bertz CT molecular complexity index is 683. The third kappa shape index (κ3) is 3.71. The molecule has 0 spiro atoms. The van der Waals surface area contributed by atoms with Gasteiger partial charge in [0.05, 0.1) is 6.54 Å². The number of carboxylic acid groups (broad SMARTS) is 1. The van der Waals surface area contributed by atoms with Crippen LogP contribution in [-0.4, -0.2) is 59.5 Å². The number of aliphatic carboxylic acids is 1. The van der Waals surface area contributed by atoms with E-state index in [1.54, 1.807) is 11.4 Å². The number of thiophene rings is 1. The van der Waals surface area contributed by atoms with E-state index >= 15 is 0 Å². The number of nitrogens with one attached hydrogen (secondary N) is 1. The Hall–Kier alpha value is -1.49. The lowest BCUT2D eigenvalue weighted by Gasteiger charge is -2.24. The van der Waals surface area contributed by atoms with Gasteiger partial charge >= 0.3 is 5.97 Å². The molecule has 0 bridgehead atoms. The molecule has 0 radical (unpaired) electrons. The maximum atomic E-state index is 12.5. The second kappa shape index (κ2) is 6.56. The number of rotatable bonds is 6. The molecular weight excluding hydrogens is 344 g/mol. The van der Waals surface area contributed by atoms with E-state index in [2.05, 4.69) is 5.32 Å². The number of carbonyl (C=O) groups excluding carboxylic acids is 1. The van der Waals surface area contributed by atoms with E-state index in [0.717, 1.165) is 22.6 Å². The van der Waals surface area contributed by atoms with Crippen molar-refractivity contribution in [3.63, 3.8) is 0 Å². The lowest BCUT2D eigenvalue weighted by Crippen LogP contribution is -2.51. The number of amides is 1. The number of sulfonamides is 1. The summed E-state index contributed by atoms with van der Waals surface area (Å²) in [6.07, 6.45) is 0.893. The van der Waals surface area contributed by atoms with E-state index in [1.165, 1.54) is 6.07 Å². The number of hydrogen-bond acceptors (Lipinski definition) is 6. The summed E-state index contributed by atoms with van der Waals surface area (Å²) in [4.78, 5) is 23.1. The quantitative estimate of drug-likeness (QED) is 0.647. The van der Waals surface area contributed by atoms with E-state index in [9.17, 15) is 23.1 Å².